The van der Waals surface area contributed by atoms with Gasteiger partial charge in [-0.05, 0) is 36.8 Å². The number of sulfonamides is 1. The lowest BCUT2D eigenvalue weighted by molar-refractivity contribution is -0.0972. The minimum Gasteiger partial charge on any atom is -0.358 e. The Morgan fingerprint density at radius 3 is 2.31 bits per heavy atom. The maximum atomic E-state index is 13.1. The largest absolute Gasteiger partial charge is 0.432 e. The van der Waals surface area contributed by atoms with Gasteiger partial charge in [0.25, 0.3) is 0 Å². The summed E-state index contributed by atoms with van der Waals surface area (Å²) in [5.41, 5.74) is -1.00. The molecule has 6 nitrogen and oxygen atoms in total. The van der Waals surface area contributed by atoms with Crippen LogP contribution in [0.4, 0.5) is 13.2 Å². The summed E-state index contributed by atoms with van der Waals surface area (Å²) in [6.45, 7) is 1.79. The molecule has 0 saturated heterocycles. The molecule has 1 aromatic carbocycles. The summed E-state index contributed by atoms with van der Waals surface area (Å²) in [5, 5.41) is 10.2. The number of hydrogen-bond acceptors (Lipinski definition) is 5. The SMILES string of the molecule is Cc1ccnc(C2(c3ccc(S(N)(=O)=O)cc3)NC=C(C(F)(F)F)N2)c1. The first-order valence-electron chi connectivity index (χ1n) is 7.42. The van der Waals surface area contributed by atoms with Gasteiger partial charge in [0.15, 0.2) is 5.66 Å². The van der Waals surface area contributed by atoms with Crippen molar-refractivity contribution >= 4 is 10.0 Å². The average molecular weight is 384 g/mol. The number of nitrogens with one attached hydrogen (secondary N) is 2. The summed E-state index contributed by atoms with van der Waals surface area (Å²) >= 11 is 0. The molecular weight excluding hydrogens is 369 g/mol. The molecule has 1 aliphatic heterocycles. The zero-order valence-corrected chi connectivity index (χ0v) is 14.3. The van der Waals surface area contributed by atoms with E-state index in [2.05, 4.69) is 15.6 Å². The van der Waals surface area contributed by atoms with Crippen molar-refractivity contribution in [2.45, 2.75) is 23.7 Å². The van der Waals surface area contributed by atoms with Gasteiger partial charge in [-0.2, -0.15) is 13.2 Å². The van der Waals surface area contributed by atoms with E-state index in [1.807, 2.05) is 0 Å². The second kappa shape index (κ2) is 5.99. The van der Waals surface area contributed by atoms with E-state index in [4.69, 9.17) is 5.14 Å². The molecule has 2 heterocycles. The van der Waals surface area contributed by atoms with Crippen LogP contribution in [-0.4, -0.2) is 19.6 Å². The van der Waals surface area contributed by atoms with Crippen LogP contribution in [0.15, 0.2) is 59.4 Å². The Hall–Kier alpha value is -2.59. The fourth-order valence-corrected chi connectivity index (χ4v) is 3.20. The van der Waals surface area contributed by atoms with E-state index in [9.17, 15) is 21.6 Å². The third-order valence-corrected chi connectivity index (χ3v) is 4.91. The zero-order valence-electron chi connectivity index (χ0n) is 13.5. The number of alkyl halides is 3. The summed E-state index contributed by atoms with van der Waals surface area (Å²) in [6.07, 6.45) is -2.27. The molecule has 1 aliphatic rings. The molecule has 0 fully saturated rings. The first kappa shape index (κ1) is 18.2. The number of allylic oxidation sites excluding steroid dienone is 1. The van der Waals surface area contributed by atoms with Gasteiger partial charge >= 0.3 is 6.18 Å². The van der Waals surface area contributed by atoms with Gasteiger partial charge in [-0.25, -0.2) is 13.6 Å². The molecule has 0 amide bonds. The highest BCUT2D eigenvalue weighted by atomic mass is 32.2. The summed E-state index contributed by atoms with van der Waals surface area (Å²) < 4.78 is 62.3. The second-order valence-electron chi connectivity index (χ2n) is 5.86. The molecule has 0 bridgehead atoms. The Labute approximate surface area is 148 Å². The molecule has 10 heteroatoms. The fourth-order valence-electron chi connectivity index (χ4n) is 2.68. The normalized spacial score (nSPS) is 20.3. The van der Waals surface area contributed by atoms with Crippen LogP contribution in [0.5, 0.6) is 0 Å². The van der Waals surface area contributed by atoms with E-state index >= 15 is 0 Å². The van der Waals surface area contributed by atoms with Crippen LogP contribution in [0.1, 0.15) is 16.8 Å². The molecule has 0 spiro atoms. The first-order valence-corrected chi connectivity index (χ1v) is 8.97. The highest BCUT2D eigenvalue weighted by molar-refractivity contribution is 7.89. The number of nitrogens with zero attached hydrogens (tertiary/aromatic N) is 1. The molecule has 1 aromatic heterocycles. The molecule has 1 unspecified atom stereocenters. The highest BCUT2D eigenvalue weighted by Crippen LogP contribution is 2.36. The molecule has 1 atom stereocenters. The summed E-state index contributed by atoms with van der Waals surface area (Å²) in [7, 11) is -3.92. The van der Waals surface area contributed by atoms with E-state index in [0.717, 1.165) is 11.8 Å². The van der Waals surface area contributed by atoms with Crippen LogP contribution in [0, 0.1) is 6.92 Å². The van der Waals surface area contributed by atoms with Crippen LogP contribution in [0.2, 0.25) is 0 Å². The summed E-state index contributed by atoms with van der Waals surface area (Å²) in [4.78, 5) is 4.05. The number of nitrogens with two attached hydrogens (primary N) is 1. The van der Waals surface area contributed by atoms with Gasteiger partial charge in [-0.1, -0.05) is 12.1 Å². The first-order chi connectivity index (χ1) is 12.0. The molecule has 0 saturated carbocycles. The van der Waals surface area contributed by atoms with Crippen LogP contribution in [0.25, 0.3) is 0 Å². The van der Waals surface area contributed by atoms with E-state index in [1.165, 1.54) is 30.5 Å². The molecule has 4 N–H and O–H groups in total. The van der Waals surface area contributed by atoms with E-state index in [1.54, 1.807) is 19.1 Å². The Morgan fingerprint density at radius 2 is 1.81 bits per heavy atom. The van der Waals surface area contributed by atoms with E-state index < -0.39 is 27.6 Å². The van der Waals surface area contributed by atoms with Gasteiger partial charge in [0.2, 0.25) is 10.0 Å². The van der Waals surface area contributed by atoms with Crippen molar-refractivity contribution in [2.24, 2.45) is 5.14 Å². The fraction of sp³-hybridized carbons (Fsp3) is 0.188. The third kappa shape index (κ3) is 3.25. The van der Waals surface area contributed by atoms with Gasteiger partial charge in [-0.3, -0.25) is 4.98 Å². The Morgan fingerprint density at radius 1 is 1.15 bits per heavy atom. The minimum absolute atomic E-state index is 0.143. The quantitative estimate of drug-likeness (QED) is 0.750. The number of halogens is 3. The maximum absolute atomic E-state index is 13.1. The molecule has 3 rings (SSSR count). The highest BCUT2D eigenvalue weighted by Gasteiger charge is 2.47. The van der Waals surface area contributed by atoms with Crippen molar-refractivity contribution in [3.63, 3.8) is 0 Å². The van der Waals surface area contributed by atoms with Gasteiger partial charge < -0.3 is 10.6 Å². The van der Waals surface area contributed by atoms with E-state index in [0.29, 0.717) is 11.3 Å². The van der Waals surface area contributed by atoms with Gasteiger partial charge in [-0.15, -0.1) is 0 Å². The topological polar surface area (TPSA) is 97.1 Å². The lowest BCUT2D eigenvalue weighted by atomic mass is 9.95. The van der Waals surface area contributed by atoms with Crippen molar-refractivity contribution in [2.75, 3.05) is 0 Å². The summed E-state index contributed by atoms with van der Waals surface area (Å²) in [6, 6.07) is 8.59. The predicted molar refractivity (Wildman–Crippen MR) is 88.0 cm³/mol. The average Bonchev–Trinajstić information content (AvgIpc) is 3.01. The monoisotopic (exact) mass is 384 g/mol. The molecule has 2 aromatic rings. The molecule has 138 valence electrons. The zero-order chi connectivity index (χ0) is 19.2. The third-order valence-electron chi connectivity index (χ3n) is 3.98. The standard InChI is InChI=1S/C16H15F3N4O2S/c1-10-6-7-21-13(8-10)15(22-9-14(23-15)16(17,18)19)11-2-4-12(5-3-11)26(20,24)25/h2-9,22-23H,1H3,(H2,20,24,25). The minimum atomic E-state index is -4.58. The number of benzene rings is 1. The van der Waals surface area contributed by atoms with Gasteiger partial charge in [0, 0.05) is 18.0 Å². The van der Waals surface area contributed by atoms with Crippen molar-refractivity contribution in [3.8, 4) is 0 Å². The Kier molecular flexibility index (Phi) is 4.20. The van der Waals surface area contributed by atoms with Gasteiger partial charge in [0.1, 0.15) is 5.70 Å². The number of rotatable bonds is 3. The predicted octanol–water partition coefficient (Wildman–Crippen LogP) is 1.84. The number of aromatic nitrogens is 1. The van der Waals surface area contributed by atoms with Crippen LogP contribution in [0.3, 0.4) is 0 Å². The van der Waals surface area contributed by atoms with Crippen LogP contribution >= 0.6 is 0 Å². The smallest absolute Gasteiger partial charge is 0.358 e. The summed E-state index contributed by atoms with van der Waals surface area (Å²) in [5.74, 6) is 0. The maximum Gasteiger partial charge on any atom is 0.432 e. The Balaban J connectivity index is 2.11. The van der Waals surface area contributed by atoms with Crippen LogP contribution < -0.4 is 15.8 Å². The second-order valence-corrected chi connectivity index (χ2v) is 7.42. The van der Waals surface area contributed by atoms with Crippen molar-refractivity contribution in [1.82, 2.24) is 15.6 Å². The van der Waals surface area contributed by atoms with E-state index in [-0.39, 0.29) is 4.90 Å². The molecule has 0 radical (unpaired) electrons. The number of aryl methyl sites for hydroxylation is 1. The number of hydrogen-bond donors (Lipinski definition) is 3. The van der Waals surface area contributed by atoms with Crippen LogP contribution in [-0.2, 0) is 15.7 Å². The lowest BCUT2D eigenvalue weighted by Crippen LogP contribution is -2.49. The molecular formula is C16H15F3N4O2S. The number of pyridine rings is 1. The van der Waals surface area contributed by atoms with Crippen molar-refractivity contribution in [1.29, 1.82) is 0 Å². The molecule has 26 heavy (non-hydrogen) atoms. The van der Waals surface area contributed by atoms with Crippen molar-refractivity contribution < 1.29 is 21.6 Å². The van der Waals surface area contributed by atoms with Crippen molar-refractivity contribution in [3.05, 3.63) is 71.3 Å². The molecule has 0 aliphatic carbocycles. The number of primary sulfonamides is 1. The Bertz CT molecular complexity index is 972. The lowest BCUT2D eigenvalue weighted by Gasteiger charge is -2.32. The van der Waals surface area contributed by atoms with Gasteiger partial charge in [0.05, 0.1) is 10.6 Å².